The van der Waals surface area contributed by atoms with Crippen LogP contribution in [0.25, 0.3) is 10.2 Å². The fourth-order valence-corrected chi connectivity index (χ4v) is 2.54. The second-order valence-electron chi connectivity index (χ2n) is 5.33. The fourth-order valence-electron chi connectivity index (χ4n) is 1.65. The minimum atomic E-state index is -1.77. The summed E-state index contributed by atoms with van der Waals surface area (Å²) in [5.74, 6) is -0.552. The molecule has 1 aromatic heterocycles. The van der Waals surface area contributed by atoms with Gasteiger partial charge < -0.3 is 14.8 Å². The van der Waals surface area contributed by atoms with Crippen molar-refractivity contribution in [2.24, 2.45) is 0 Å². The molecule has 6 nitrogen and oxygen atoms in total. The Balaban J connectivity index is 2.33. The second-order valence-corrected chi connectivity index (χ2v) is 6.33. The van der Waals surface area contributed by atoms with E-state index >= 15 is 0 Å². The van der Waals surface area contributed by atoms with Crippen molar-refractivity contribution >= 4 is 45.4 Å². The number of hydrogen-bond donors (Lipinski definition) is 3. The molecule has 0 aliphatic carbocycles. The number of nitrogens with one attached hydrogen (secondary N) is 1. The smallest absolute Gasteiger partial charge is 0.444 e. The molecule has 0 aliphatic heterocycles. The van der Waals surface area contributed by atoms with Crippen LogP contribution in [0.2, 0.25) is 0 Å². The zero-order chi connectivity index (χ0) is 15.8. The summed E-state index contributed by atoms with van der Waals surface area (Å²) < 4.78 is 18.9. The van der Waals surface area contributed by atoms with Crippen molar-refractivity contribution in [2.75, 3.05) is 5.32 Å². The molecule has 0 spiro atoms. The first kappa shape index (κ1) is 15.7. The van der Waals surface area contributed by atoms with Gasteiger partial charge in [-0.05, 0) is 26.8 Å². The Morgan fingerprint density at radius 3 is 2.67 bits per heavy atom. The van der Waals surface area contributed by atoms with Gasteiger partial charge in [0, 0.05) is 5.46 Å². The number of rotatable bonds is 2. The first-order valence-electron chi connectivity index (χ1n) is 6.12. The monoisotopic (exact) mass is 312 g/mol. The maximum Gasteiger partial charge on any atom is 0.490 e. The van der Waals surface area contributed by atoms with E-state index in [0.29, 0.717) is 0 Å². The van der Waals surface area contributed by atoms with Gasteiger partial charge in [0.05, 0.1) is 10.2 Å². The third kappa shape index (κ3) is 3.69. The van der Waals surface area contributed by atoms with Crippen LogP contribution in [0.3, 0.4) is 0 Å². The van der Waals surface area contributed by atoms with Crippen LogP contribution in [0, 0.1) is 5.82 Å². The van der Waals surface area contributed by atoms with Gasteiger partial charge in [0.15, 0.2) is 5.13 Å². The van der Waals surface area contributed by atoms with Crippen molar-refractivity contribution in [2.45, 2.75) is 26.4 Å². The number of anilines is 1. The van der Waals surface area contributed by atoms with Gasteiger partial charge in [-0.2, -0.15) is 0 Å². The van der Waals surface area contributed by atoms with Crippen molar-refractivity contribution < 1.29 is 24.0 Å². The van der Waals surface area contributed by atoms with E-state index in [2.05, 4.69) is 10.3 Å². The van der Waals surface area contributed by atoms with Crippen molar-refractivity contribution in [3.8, 4) is 0 Å². The third-order valence-corrected chi connectivity index (χ3v) is 3.39. The predicted molar refractivity (Wildman–Crippen MR) is 79.3 cm³/mol. The largest absolute Gasteiger partial charge is 0.490 e. The van der Waals surface area contributed by atoms with E-state index in [0.717, 1.165) is 17.4 Å². The molecule has 0 saturated heterocycles. The average molecular weight is 312 g/mol. The lowest BCUT2D eigenvalue weighted by Crippen LogP contribution is -2.30. The van der Waals surface area contributed by atoms with Gasteiger partial charge >= 0.3 is 13.2 Å². The number of hydrogen-bond acceptors (Lipinski definition) is 6. The van der Waals surface area contributed by atoms with Crippen LogP contribution in [0.5, 0.6) is 0 Å². The highest BCUT2D eigenvalue weighted by Gasteiger charge is 2.22. The summed E-state index contributed by atoms with van der Waals surface area (Å²) in [5.41, 5.74) is -0.501. The Kier molecular flexibility index (Phi) is 4.17. The van der Waals surface area contributed by atoms with Crippen LogP contribution in [0.15, 0.2) is 12.1 Å². The van der Waals surface area contributed by atoms with E-state index in [4.69, 9.17) is 4.74 Å². The number of carbonyl (C=O) groups excluding carboxylic acids is 1. The Morgan fingerprint density at radius 2 is 2.10 bits per heavy atom. The molecule has 1 amide bonds. The van der Waals surface area contributed by atoms with E-state index in [9.17, 15) is 19.2 Å². The number of amides is 1. The van der Waals surface area contributed by atoms with Gasteiger partial charge in [0.1, 0.15) is 11.4 Å². The standard InChI is InChI=1S/C12H14BFN2O4S/c1-12(2,3)20-11(17)16-10-15-8-6(13(18)19)4-5-7(14)9(8)21-10/h4-5,18-19H,1-3H3,(H,15,16,17). The first-order chi connectivity index (χ1) is 9.67. The normalized spacial score (nSPS) is 11.5. The molecule has 9 heteroatoms. The zero-order valence-electron chi connectivity index (χ0n) is 11.7. The summed E-state index contributed by atoms with van der Waals surface area (Å²) in [7, 11) is -1.77. The molecule has 1 aromatic carbocycles. The van der Waals surface area contributed by atoms with Gasteiger partial charge in [0.2, 0.25) is 0 Å². The molecule has 2 aromatic rings. The molecule has 112 valence electrons. The Bertz CT molecular complexity index is 684. The first-order valence-corrected chi connectivity index (χ1v) is 6.94. The molecule has 3 N–H and O–H groups in total. The number of benzene rings is 1. The lowest BCUT2D eigenvalue weighted by molar-refractivity contribution is 0.0636. The van der Waals surface area contributed by atoms with Crippen LogP contribution in [0.1, 0.15) is 20.8 Å². The van der Waals surface area contributed by atoms with E-state index < -0.39 is 24.6 Å². The summed E-state index contributed by atoms with van der Waals surface area (Å²) in [5, 5.41) is 21.0. The molecule has 1 heterocycles. The Morgan fingerprint density at radius 1 is 1.43 bits per heavy atom. The zero-order valence-corrected chi connectivity index (χ0v) is 12.5. The van der Waals surface area contributed by atoms with Crippen molar-refractivity contribution in [3.63, 3.8) is 0 Å². The number of halogens is 1. The van der Waals surface area contributed by atoms with Crippen molar-refractivity contribution in [1.29, 1.82) is 0 Å². The SMILES string of the molecule is CC(C)(C)OC(=O)Nc1nc2c(B(O)O)ccc(F)c2s1. The van der Waals surface area contributed by atoms with Gasteiger partial charge in [-0.1, -0.05) is 17.4 Å². The van der Waals surface area contributed by atoms with Gasteiger partial charge in [-0.3, -0.25) is 5.32 Å². The molecular weight excluding hydrogens is 298 g/mol. The summed E-state index contributed by atoms with van der Waals surface area (Å²) in [4.78, 5) is 15.7. The Hall–Kier alpha value is -1.71. The highest BCUT2D eigenvalue weighted by atomic mass is 32.1. The molecule has 0 atom stereocenters. The molecular formula is C12H14BFN2O4S. The molecule has 0 unspecified atom stereocenters. The van der Waals surface area contributed by atoms with Crippen LogP contribution in [-0.2, 0) is 4.74 Å². The van der Waals surface area contributed by atoms with Crippen LogP contribution in [-0.4, -0.2) is 33.8 Å². The fraction of sp³-hybridized carbons (Fsp3) is 0.333. The van der Waals surface area contributed by atoms with Crippen molar-refractivity contribution in [1.82, 2.24) is 4.98 Å². The summed E-state index contributed by atoms with van der Waals surface area (Å²) in [6, 6.07) is 2.35. The molecule has 0 bridgehead atoms. The molecule has 0 fully saturated rings. The lowest BCUT2D eigenvalue weighted by atomic mass is 9.79. The van der Waals surface area contributed by atoms with Gasteiger partial charge in [-0.25, -0.2) is 14.2 Å². The summed E-state index contributed by atoms with van der Waals surface area (Å²) in [6.07, 6.45) is -0.715. The molecule has 0 aliphatic rings. The predicted octanol–water partition coefficient (Wildman–Crippen LogP) is 1.46. The molecule has 2 rings (SSSR count). The number of fused-ring (bicyclic) bond motifs is 1. The van der Waals surface area contributed by atoms with E-state index in [1.807, 2.05) is 0 Å². The number of ether oxygens (including phenoxy) is 1. The molecule has 0 saturated carbocycles. The quantitative estimate of drug-likeness (QED) is 0.730. The highest BCUT2D eigenvalue weighted by molar-refractivity contribution is 7.22. The lowest BCUT2D eigenvalue weighted by Gasteiger charge is -2.18. The summed E-state index contributed by atoms with van der Waals surface area (Å²) in [6.45, 7) is 5.14. The number of aromatic nitrogens is 1. The number of nitrogens with zero attached hydrogens (tertiary/aromatic N) is 1. The van der Waals surface area contributed by atoms with Crippen LogP contribution >= 0.6 is 11.3 Å². The van der Waals surface area contributed by atoms with Crippen LogP contribution < -0.4 is 10.8 Å². The maximum atomic E-state index is 13.7. The van der Waals surface area contributed by atoms with E-state index in [1.54, 1.807) is 20.8 Å². The minimum absolute atomic E-state index is 0.0693. The molecule has 0 radical (unpaired) electrons. The third-order valence-electron chi connectivity index (χ3n) is 2.41. The van der Waals surface area contributed by atoms with E-state index in [1.165, 1.54) is 6.07 Å². The van der Waals surface area contributed by atoms with E-state index in [-0.39, 0.29) is 20.8 Å². The average Bonchev–Trinajstić information content (AvgIpc) is 2.70. The second kappa shape index (κ2) is 5.59. The highest BCUT2D eigenvalue weighted by Crippen LogP contribution is 2.27. The minimum Gasteiger partial charge on any atom is -0.444 e. The number of thiazole rings is 1. The van der Waals surface area contributed by atoms with Gasteiger partial charge in [0.25, 0.3) is 0 Å². The van der Waals surface area contributed by atoms with Crippen molar-refractivity contribution in [3.05, 3.63) is 17.9 Å². The number of carbonyl (C=O) groups is 1. The van der Waals surface area contributed by atoms with Gasteiger partial charge in [-0.15, -0.1) is 0 Å². The molecule has 21 heavy (non-hydrogen) atoms. The maximum absolute atomic E-state index is 13.7. The summed E-state index contributed by atoms with van der Waals surface area (Å²) >= 11 is 0.890. The van der Waals surface area contributed by atoms with Crippen LogP contribution in [0.4, 0.5) is 14.3 Å². The topological polar surface area (TPSA) is 91.7 Å². The Labute approximate surface area is 124 Å².